The molecule has 0 saturated carbocycles. The molecule has 0 unspecified atom stereocenters. The molecule has 0 radical (unpaired) electrons. The molecule has 1 aliphatic carbocycles. The molecule has 0 aliphatic heterocycles. The van der Waals surface area contributed by atoms with E-state index in [1.807, 2.05) is 0 Å². The van der Waals surface area contributed by atoms with Gasteiger partial charge in [-0.25, -0.2) is 0 Å². The van der Waals surface area contributed by atoms with E-state index in [1.54, 1.807) is 6.92 Å². The number of rotatable bonds is 1. The second-order valence-corrected chi connectivity index (χ2v) is 3.02. The Hall–Kier alpha value is -0.590. The molecule has 0 bridgehead atoms. The van der Waals surface area contributed by atoms with E-state index >= 15 is 0 Å². The van der Waals surface area contributed by atoms with Crippen molar-refractivity contribution in [1.29, 1.82) is 0 Å². The molecule has 0 aromatic heterocycles. The van der Waals surface area contributed by atoms with Gasteiger partial charge < -0.3 is 0 Å². The normalized spacial score (nSPS) is 19.4. The van der Waals surface area contributed by atoms with E-state index in [0.717, 1.165) is 18.4 Å². The molecule has 1 aliphatic rings. The second kappa shape index (κ2) is 3.00. The second-order valence-electron chi connectivity index (χ2n) is 3.02. The maximum atomic E-state index is 11.0. The van der Waals surface area contributed by atoms with E-state index in [-0.39, 0.29) is 5.78 Å². The van der Waals surface area contributed by atoms with Gasteiger partial charge in [-0.1, -0.05) is 5.57 Å². The average molecular weight is 138 g/mol. The largest absolute Gasteiger partial charge is 0.295 e. The van der Waals surface area contributed by atoms with Gasteiger partial charge in [0.05, 0.1) is 0 Å². The van der Waals surface area contributed by atoms with Crippen LogP contribution in [0, 0.1) is 0 Å². The number of Topliss-reactive ketones (excluding diaryl/α,β-unsaturated/α-hetero) is 1. The van der Waals surface area contributed by atoms with E-state index in [9.17, 15) is 4.79 Å². The fourth-order valence-electron chi connectivity index (χ4n) is 1.53. The molecule has 0 spiro atoms. The molecule has 10 heavy (non-hydrogen) atoms. The van der Waals surface area contributed by atoms with E-state index in [4.69, 9.17) is 0 Å². The van der Waals surface area contributed by atoms with Gasteiger partial charge in [0.25, 0.3) is 0 Å². The van der Waals surface area contributed by atoms with Crippen LogP contribution in [0.5, 0.6) is 0 Å². The lowest BCUT2D eigenvalue weighted by Gasteiger charge is -2.14. The summed E-state index contributed by atoms with van der Waals surface area (Å²) in [6.07, 6.45) is 4.62. The highest BCUT2D eigenvalue weighted by Gasteiger charge is 2.11. The van der Waals surface area contributed by atoms with Crippen molar-refractivity contribution in [2.45, 2.75) is 39.5 Å². The molecule has 0 saturated heterocycles. The van der Waals surface area contributed by atoms with E-state index in [1.165, 1.54) is 18.4 Å². The molecular formula is C9H14O. The van der Waals surface area contributed by atoms with Crippen LogP contribution >= 0.6 is 0 Å². The van der Waals surface area contributed by atoms with Crippen LogP contribution in [0.4, 0.5) is 0 Å². The van der Waals surface area contributed by atoms with Crippen molar-refractivity contribution in [2.24, 2.45) is 0 Å². The summed E-state index contributed by atoms with van der Waals surface area (Å²) in [5.74, 6) is 0.275. The average Bonchev–Trinajstić information content (AvgIpc) is 1.88. The van der Waals surface area contributed by atoms with E-state index in [0.29, 0.717) is 0 Å². The Labute approximate surface area is 62.1 Å². The monoisotopic (exact) mass is 138 g/mol. The minimum absolute atomic E-state index is 0.275. The van der Waals surface area contributed by atoms with Crippen molar-refractivity contribution in [3.63, 3.8) is 0 Å². The molecular weight excluding hydrogens is 124 g/mol. The number of carbonyl (C=O) groups is 1. The minimum atomic E-state index is 0.275. The van der Waals surface area contributed by atoms with Crippen molar-refractivity contribution in [3.05, 3.63) is 11.1 Å². The Bertz CT molecular complexity index is 177. The summed E-state index contributed by atoms with van der Waals surface area (Å²) >= 11 is 0. The zero-order chi connectivity index (χ0) is 7.56. The summed E-state index contributed by atoms with van der Waals surface area (Å²) in [5.41, 5.74) is 2.41. The summed E-state index contributed by atoms with van der Waals surface area (Å²) in [4.78, 5) is 11.0. The summed E-state index contributed by atoms with van der Waals surface area (Å²) in [6.45, 7) is 3.75. The van der Waals surface area contributed by atoms with Gasteiger partial charge in [-0.3, -0.25) is 4.79 Å². The molecule has 0 aromatic rings. The Kier molecular flexibility index (Phi) is 2.25. The number of ketones is 1. The van der Waals surface area contributed by atoms with Crippen LogP contribution in [0.25, 0.3) is 0 Å². The zero-order valence-electron chi connectivity index (χ0n) is 6.74. The van der Waals surface area contributed by atoms with Gasteiger partial charge in [0.2, 0.25) is 0 Å². The van der Waals surface area contributed by atoms with Crippen LogP contribution in [0.2, 0.25) is 0 Å². The maximum Gasteiger partial charge on any atom is 0.155 e. The van der Waals surface area contributed by atoms with Gasteiger partial charge in [0.1, 0.15) is 0 Å². The van der Waals surface area contributed by atoms with Crippen LogP contribution in [0.3, 0.4) is 0 Å². The van der Waals surface area contributed by atoms with Gasteiger partial charge in [0.15, 0.2) is 5.78 Å². The van der Waals surface area contributed by atoms with Crippen molar-refractivity contribution < 1.29 is 4.79 Å². The van der Waals surface area contributed by atoms with Crippen molar-refractivity contribution in [1.82, 2.24) is 0 Å². The van der Waals surface area contributed by atoms with Crippen LogP contribution in [-0.4, -0.2) is 5.78 Å². The van der Waals surface area contributed by atoms with Gasteiger partial charge in [-0.2, -0.15) is 0 Å². The van der Waals surface area contributed by atoms with E-state index < -0.39 is 0 Å². The Balaban J connectivity index is 2.78. The molecule has 0 aromatic carbocycles. The highest BCUT2D eigenvalue weighted by molar-refractivity contribution is 5.94. The van der Waals surface area contributed by atoms with Gasteiger partial charge >= 0.3 is 0 Å². The lowest BCUT2D eigenvalue weighted by Crippen LogP contribution is -2.04. The Morgan fingerprint density at radius 1 is 1.30 bits per heavy atom. The maximum absolute atomic E-state index is 11.0. The number of allylic oxidation sites excluding steroid dienone is 2. The number of hydrogen-bond donors (Lipinski definition) is 0. The first-order valence-electron chi connectivity index (χ1n) is 3.91. The fourth-order valence-corrected chi connectivity index (χ4v) is 1.53. The molecule has 0 atom stereocenters. The molecule has 0 heterocycles. The fraction of sp³-hybridized carbons (Fsp3) is 0.667. The molecule has 0 N–H and O–H groups in total. The lowest BCUT2D eigenvalue weighted by molar-refractivity contribution is -0.113. The van der Waals surface area contributed by atoms with Gasteiger partial charge in [-0.15, -0.1) is 0 Å². The molecule has 1 heteroatoms. The SMILES string of the molecule is CC(=O)C1=C(C)CCCC1. The van der Waals surface area contributed by atoms with Gasteiger partial charge in [-0.05, 0) is 45.1 Å². The van der Waals surface area contributed by atoms with Gasteiger partial charge in [0, 0.05) is 0 Å². The number of hydrogen-bond acceptors (Lipinski definition) is 1. The summed E-state index contributed by atoms with van der Waals surface area (Å²) in [5, 5.41) is 0. The van der Waals surface area contributed by atoms with Crippen molar-refractivity contribution in [2.75, 3.05) is 0 Å². The van der Waals surface area contributed by atoms with Crippen molar-refractivity contribution >= 4 is 5.78 Å². The number of carbonyl (C=O) groups excluding carboxylic acids is 1. The van der Waals surface area contributed by atoms with Crippen LogP contribution in [0.1, 0.15) is 39.5 Å². The first-order valence-corrected chi connectivity index (χ1v) is 3.91. The molecule has 0 amide bonds. The first-order chi connectivity index (χ1) is 4.72. The first kappa shape index (κ1) is 7.52. The quantitative estimate of drug-likeness (QED) is 0.544. The molecule has 1 rings (SSSR count). The predicted octanol–water partition coefficient (Wildman–Crippen LogP) is 2.47. The highest BCUT2D eigenvalue weighted by Crippen LogP contribution is 2.24. The summed E-state index contributed by atoms with van der Waals surface area (Å²) in [7, 11) is 0. The van der Waals surface area contributed by atoms with Crippen molar-refractivity contribution in [3.8, 4) is 0 Å². The molecule has 1 nitrogen and oxygen atoms in total. The smallest absolute Gasteiger partial charge is 0.155 e. The highest BCUT2D eigenvalue weighted by atomic mass is 16.1. The molecule has 56 valence electrons. The van der Waals surface area contributed by atoms with Crippen LogP contribution in [-0.2, 0) is 4.79 Å². The zero-order valence-corrected chi connectivity index (χ0v) is 6.74. The van der Waals surface area contributed by atoms with E-state index in [2.05, 4.69) is 6.92 Å². The standard InChI is InChI=1S/C9H14O/c1-7-5-3-4-6-9(7)8(2)10/h3-6H2,1-2H3. The third-order valence-electron chi connectivity index (χ3n) is 2.17. The minimum Gasteiger partial charge on any atom is -0.295 e. The molecule has 0 fully saturated rings. The third-order valence-corrected chi connectivity index (χ3v) is 2.17. The topological polar surface area (TPSA) is 17.1 Å². The predicted molar refractivity (Wildman–Crippen MR) is 41.8 cm³/mol. The summed E-state index contributed by atoms with van der Waals surface area (Å²) < 4.78 is 0. The Morgan fingerprint density at radius 3 is 2.30 bits per heavy atom. The van der Waals surface area contributed by atoms with Crippen LogP contribution < -0.4 is 0 Å². The lowest BCUT2D eigenvalue weighted by atomic mass is 9.91. The van der Waals surface area contributed by atoms with Crippen LogP contribution in [0.15, 0.2) is 11.1 Å². The summed E-state index contributed by atoms with van der Waals surface area (Å²) in [6, 6.07) is 0. The Morgan fingerprint density at radius 2 is 1.90 bits per heavy atom. The third kappa shape index (κ3) is 1.47.